The Morgan fingerprint density at radius 3 is 2.67 bits per heavy atom. The third-order valence-electron chi connectivity index (χ3n) is 3.55. The molecule has 1 amide bonds. The number of hydrogen-bond donors (Lipinski definition) is 0. The van der Waals surface area contributed by atoms with Crippen LogP contribution in [-0.2, 0) is 11.2 Å². The Hall–Kier alpha value is -2.85. The number of carbonyl (C=O) groups excluding carboxylic acids is 1. The Balaban J connectivity index is 1.89. The van der Waals surface area contributed by atoms with Gasteiger partial charge in [0.25, 0.3) is 11.6 Å². The van der Waals surface area contributed by atoms with Gasteiger partial charge in [-0.2, -0.15) is 4.99 Å². The third kappa shape index (κ3) is 4.29. The first-order chi connectivity index (χ1) is 13.0. The summed E-state index contributed by atoms with van der Waals surface area (Å²) in [5, 5.41) is 20.7. The number of nitro groups is 1. The molecule has 0 saturated carbocycles. The molecule has 27 heavy (non-hydrogen) atoms. The summed E-state index contributed by atoms with van der Waals surface area (Å²) in [5.41, 5.74) is 0.696. The minimum Gasteiger partial charge on any atom is -0.282 e. The SMILES string of the molecule is C=CCN1C(=O)/C(=C/c2ccc([N+](=O)[O-])cc2)S/C1=N\c1nnc(CC)s1. The number of amides is 1. The minimum absolute atomic E-state index is 0.00100. The Morgan fingerprint density at radius 1 is 1.33 bits per heavy atom. The van der Waals surface area contributed by atoms with Gasteiger partial charge in [0.2, 0.25) is 5.13 Å². The van der Waals surface area contributed by atoms with Gasteiger partial charge in [-0.05, 0) is 42.0 Å². The molecule has 1 aliphatic rings. The summed E-state index contributed by atoms with van der Waals surface area (Å²) < 4.78 is 0. The highest BCUT2D eigenvalue weighted by Crippen LogP contribution is 2.34. The van der Waals surface area contributed by atoms with Gasteiger partial charge in [0.1, 0.15) is 5.01 Å². The van der Waals surface area contributed by atoms with Crippen molar-refractivity contribution in [1.29, 1.82) is 0 Å². The summed E-state index contributed by atoms with van der Waals surface area (Å²) in [6, 6.07) is 6.01. The molecule has 0 bridgehead atoms. The van der Waals surface area contributed by atoms with Gasteiger partial charge in [-0.3, -0.25) is 19.8 Å². The van der Waals surface area contributed by atoms with E-state index in [1.54, 1.807) is 24.3 Å². The van der Waals surface area contributed by atoms with Crippen molar-refractivity contribution in [3.8, 4) is 0 Å². The van der Waals surface area contributed by atoms with Crippen molar-refractivity contribution < 1.29 is 9.72 Å². The monoisotopic (exact) mass is 401 g/mol. The molecule has 0 N–H and O–H groups in total. The number of thioether (sulfide) groups is 1. The van der Waals surface area contributed by atoms with Crippen molar-refractivity contribution >= 4 is 51.1 Å². The first-order valence-corrected chi connectivity index (χ1v) is 9.63. The second kappa shape index (κ2) is 8.23. The van der Waals surface area contributed by atoms with Crippen LogP contribution >= 0.6 is 23.1 Å². The van der Waals surface area contributed by atoms with Crippen molar-refractivity contribution in [3.05, 3.63) is 62.5 Å². The highest BCUT2D eigenvalue weighted by molar-refractivity contribution is 8.18. The van der Waals surface area contributed by atoms with Gasteiger partial charge in [0.05, 0.1) is 9.83 Å². The molecule has 0 radical (unpaired) electrons. The predicted octanol–water partition coefficient (Wildman–Crippen LogP) is 3.80. The van der Waals surface area contributed by atoms with E-state index in [-0.39, 0.29) is 11.6 Å². The number of benzene rings is 1. The first-order valence-electron chi connectivity index (χ1n) is 7.99. The van der Waals surface area contributed by atoms with Crippen LogP contribution in [0.3, 0.4) is 0 Å². The van der Waals surface area contributed by atoms with E-state index < -0.39 is 4.92 Å². The van der Waals surface area contributed by atoms with Crippen LogP contribution < -0.4 is 0 Å². The molecule has 8 nitrogen and oxygen atoms in total. The van der Waals surface area contributed by atoms with E-state index in [0.717, 1.165) is 11.4 Å². The number of carbonyl (C=O) groups is 1. The third-order valence-corrected chi connectivity index (χ3v) is 5.52. The van der Waals surface area contributed by atoms with Crippen LogP contribution in [0.25, 0.3) is 6.08 Å². The zero-order valence-corrected chi connectivity index (χ0v) is 16.0. The maximum absolute atomic E-state index is 12.7. The van der Waals surface area contributed by atoms with Crippen LogP contribution in [0.2, 0.25) is 0 Å². The van der Waals surface area contributed by atoms with Crippen LogP contribution in [0.15, 0.2) is 46.8 Å². The number of aliphatic imine (C=N–C) groups is 1. The average Bonchev–Trinajstić information content (AvgIpc) is 3.22. The lowest BCUT2D eigenvalue weighted by atomic mass is 10.2. The minimum atomic E-state index is -0.463. The number of nitrogens with zero attached hydrogens (tertiary/aromatic N) is 5. The number of aryl methyl sites for hydroxylation is 1. The molecule has 1 aliphatic heterocycles. The topological polar surface area (TPSA) is 102 Å². The molecule has 1 fully saturated rings. The number of amidine groups is 1. The Bertz CT molecular complexity index is 950. The van der Waals surface area contributed by atoms with Gasteiger partial charge in [0, 0.05) is 18.7 Å². The van der Waals surface area contributed by atoms with Crippen LogP contribution in [0.1, 0.15) is 17.5 Å². The standard InChI is InChI=1S/C17H15N5O3S2/c1-3-9-21-15(23)13(10-11-5-7-12(8-6-11)22(24)25)26-17(21)18-16-20-19-14(4-2)27-16/h3,5-8,10H,1,4,9H2,2H3/b13-10-,18-17-. The molecular weight excluding hydrogens is 386 g/mol. The van der Waals surface area contributed by atoms with E-state index in [0.29, 0.717) is 27.3 Å². The van der Waals surface area contributed by atoms with Crippen molar-refractivity contribution in [2.75, 3.05) is 6.54 Å². The maximum Gasteiger partial charge on any atom is 0.269 e. The highest BCUT2D eigenvalue weighted by atomic mass is 32.2. The number of aromatic nitrogens is 2. The normalized spacial score (nSPS) is 17.1. The van der Waals surface area contributed by atoms with Gasteiger partial charge < -0.3 is 0 Å². The number of hydrogen-bond acceptors (Lipinski definition) is 8. The van der Waals surface area contributed by atoms with Crippen LogP contribution in [0.5, 0.6) is 0 Å². The van der Waals surface area contributed by atoms with Crippen LogP contribution in [-0.4, -0.2) is 37.6 Å². The molecule has 1 aromatic carbocycles. The van der Waals surface area contributed by atoms with E-state index >= 15 is 0 Å². The first kappa shape index (κ1) is 18.9. The fraction of sp³-hybridized carbons (Fsp3) is 0.176. The Morgan fingerprint density at radius 2 is 2.07 bits per heavy atom. The summed E-state index contributed by atoms with van der Waals surface area (Å²) in [7, 11) is 0. The molecule has 0 spiro atoms. The largest absolute Gasteiger partial charge is 0.282 e. The Labute approximate surface area is 163 Å². The molecule has 3 rings (SSSR count). The molecule has 1 saturated heterocycles. The summed E-state index contributed by atoms with van der Waals surface area (Å²) in [5.74, 6) is -0.197. The Kier molecular flexibility index (Phi) is 5.77. The summed E-state index contributed by atoms with van der Waals surface area (Å²) in [6.07, 6.45) is 4.09. The van der Waals surface area contributed by atoms with Gasteiger partial charge in [-0.1, -0.05) is 24.3 Å². The summed E-state index contributed by atoms with van der Waals surface area (Å²) in [4.78, 5) is 29.4. The molecule has 0 atom stereocenters. The summed E-state index contributed by atoms with van der Waals surface area (Å²) >= 11 is 2.61. The summed E-state index contributed by atoms with van der Waals surface area (Å²) in [6.45, 7) is 5.99. The molecule has 10 heteroatoms. The predicted molar refractivity (Wildman–Crippen MR) is 107 cm³/mol. The zero-order valence-electron chi connectivity index (χ0n) is 14.4. The fourth-order valence-corrected chi connectivity index (χ4v) is 3.94. The maximum atomic E-state index is 12.7. The second-order valence-corrected chi connectivity index (χ2v) is 7.44. The number of rotatable bonds is 6. The molecule has 1 aromatic heterocycles. The van der Waals surface area contributed by atoms with E-state index in [9.17, 15) is 14.9 Å². The van der Waals surface area contributed by atoms with Crippen LogP contribution in [0, 0.1) is 10.1 Å². The van der Waals surface area contributed by atoms with Gasteiger partial charge >= 0.3 is 0 Å². The van der Waals surface area contributed by atoms with Crippen molar-refractivity contribution in [2.24, 2.45) is 4.99 Å². The molecule has 138 valence electrons. The van der Waals surface area contributed by atoms with Crippen LogP contribution in [0.4, 0.5) is 10.8 Å². The molecular formula is C17H15N5O3S2. The molecule has 2 aromatic rings. The fourth-order valence-electron chi connectivity index (χ4n) is 2.24. The van der Waals surface area contributed by atoms with Crippen molar-refractivity contribution in [2.45, 2.75) is 13.3 Å². The average molecular weight is 401 g/mol. The van der Waals surface area contributed by atoms with Gasteiger partial charge in [-0.25, -0.2) is 0 Å². The van der Waals surface area contributed by atoms with E-state index in [1.165, 1.54) is 40.1 Å². The zero-order chi connectivity index (χ0) is 19.4. The molecule has 0 unspecified atom stereocenters. The lowest BCUT2D eigenvalue weighted by Gasteiger charge is -2.11. The van der Waals surface area contributed by atoms with E-state index in [2.05, 4.69) is 21.8 Å². The lowest BCUT2D eigenvalue weighted by molar-refractivity contribution is -0.384. The van der Waals surface area contributed by atoms with Crippen molar-refractivity contribution in [3.63, 3.8) is 0 Å². The number of nitro benzene ring substituents is 1. The van der Waals surface area contributed by atoms with E-state index in [4.69, 9.17) is 0 Å². The van der Waals surface area contributed by atoms with Gasteiger partial charge in [-0.15, -0.1) is 16.8 Å². The number of non-ortho nitro benzene ring substituents is 1. The quantitative estimate of drug-likeness (QED) is 0.316. The van der Waals surface area contributed by atoms with Crippen molar-refractivity contribution in [1.82, 2.24) is 15.1 Å². The molecule has 0 aliphatic carbocycles. The van der Waals surface area contributed by atoms with E-state index in [1.807, 2.05) is 6.92 Å². The highest BCUT2D eigenvalue weighted by Gasteiger charge is 2.33. The molecule has 2 heterocycles. The smallest absolute Gasteiger partial charge is 0.269 e. The lowest BCUT2D eigenvalue weighted by Crippen LogP contribution is -2.29. The van der Waals surface area contributed by atoms with Gasteiger partial charge in [0.15, 0.2) is 5.17 Å². The second-order valence-electron chi connectivity index (χ2n) is 5.39.